The van der Waals surface area contributed by atoms with Gasteiger partial charge >= 0.3 is 0 Å². The fourth-order valence-corrected chi connectivity index (χ4v) is 3.25. The van der Waals surface area contributed by atoms with Gasteiger partial charge in [0.15, 0.2) is 5.78 Å². The molecule has 0 unspecified atom stereocenters. The van der Waals surface area contributed by atoms with E-state index in [1.165, 1.54) is 13.8 Å². The molecule has 0 saturated carbocycles. The molecule has 5 nitrogen and oxygen atoms in total. The third-order valence-corrected chi connectivity index (χ3v) is 4.42. The van der Waals surface area contributed by atoms with Crippen molar-refractivity contribution >= 4 is 29.0 Å². The van der Waals surface area contributed by atoms with Crippen molar-refractivity contribution in [3.05, 3.63) is 58.7 Å². The lowest BCUT2D eigenvalue weighted by Crippen LogP contribution is -2.33. The molecule has 0 saturated heterocycles. The van der Waals surface area contributed by atoms with E-state index >= 15 is 0 Å². The third-order valence-electron chi connectivity index (χ3n) is 4.42. The molecule has 5 heteroatoms. The fourth-order valence-electron chi connectivity index (χ4n) is 3.25. The number of carbonyl (C=O) groups is 3. The highest BCUT2D eigenvalue weighted by Crippen LogP contribution is 2.26. The number of hydrogen-bond acceptors (Lipinski definition) is 3. The predicted octanol–water partition coefficient (Wildman–Crippen LogP) is 4.20. The molecule has 27 heavy (non-hydrogen) atoms. The molecular weight excluding hydrogens is 340 g/mol. The summed E-state index contributed by atoms with van der Waals surface area (Å²) in [5.41, 5.74) is 5.27. The van der Waals surface area contributed by atoms with Gasteiger partial charge in [0.1, 0.15) is 0 Å². The first kappa shape index (κ1) is 20.4. The molecule has 0 atom stereocenters. The Balaban J connectivity index is 2.07. The third kappa shape index (κ3) is 5.26. The lowest BCUT2D eigenvalue weighted by molar-refractivity contribution is -0.117. The molecule has 0 aliphatic heterocycles. The van der Waals surface area contributed by atoms with Crippen LogP contribution in [0.2, 0.25) is 0 Å². The Hall–Kier alpha value is -2.95. The van der Waals surface area contributed by atoms with Gasteiger partial charge in [-0.2, -0.15) is 0 Å². The lowest BCUT2D eigenvalue weighted by Gasteiger charge is -2.25. The molecule has 0 fully saturated rings. The van der Waals surface area contributed by atoms with Crippen LogP contribution in [0.5, 0.6) is 0 Å². The number of benzene rings is 2. The van der Waals surface area contributed by atoms with E-state index < -0.39 is 0 Å². The van der Waals surface area contributed by atoms with Crippen molar-refractivity contribution in [1.82, 2.24) is 0 Å². The van der Waals surface area contributed by atoms with Crippen LogP contribution in [0.15, 0.2) is 36.4 Å². The Morgan fingerprint density at radius 2 is 1.48 bits per heavy atom. The summed E-state index contributed by atoms with van der Waals surface area (Å²) in [5, 5.41) is 2.80. The summed E-state index contributed by atoms with van der Waals surface area (Å²) < 4.78 is 0. The van der Waals surface area contributed by atoms with Crippen molar-refractivity contribution in [3.8, 4) is 0 Å². The van der Waals surface area contributed by atoms with Gasteiger partial charge in [-0.25, -0.2) is 0 Å². The highest BCUT2D eigenvalue weighted by atomic mass is 16.2. The second kappa shape index (κ2) is 8.62. The molecule has 0 aromatic heterocycles. The Morgan fingerprint density at radius 3 is 1.96 bits per heavy atom. The number of rotatable bonds is 6. The van der Waals surface area contributed by atoms with Gasteiger partial charge in [0.25, 0.3) is 0 Å². The molecule has 0 aliphatic rings. The van der Waals surface area contributed by atoms with Gasteiger partial charge < -0.3 is 10.2 Å². The summed E-state index contributed by atoms with van der Waals surface area (Å²) in [4.78, 5) is 37.4. The highest BCUT2D eigenvalue weighted by molar-refractivity contribution is 5.97. The number of hydrogen-bond donors (Lipinski definition) is 1. The van der Waals surface area contributed by atoms with Gasteiger partial charge in [0.2, 0.25) is 11.8 Å². The van der Waals surface area contributed by atoms with Gasteiger partial charge in [-0.1, -0.05) is 17.7 Å². The highest BCUT2D eigenvalue weighted by Gasteiger charge is 2.18. The number of nitrogens with zero attached hydrogens (tertiary/aromatic N) is 1. The van der Waals surface area contributed by atoms with Crippen LogP contribution in [0, 0.1) is 20.8 Å². The molecule has 0 spiro atoms. The number of anilines is 2. The quantitative estimate of drug-likeness (QED) is 0.779. The first-order valence-corrected chi connectivity index (χ1v) is 8.96. The zero-order valence-corrected chi connectivity index (χ0v) is 16.6. The average Bonchev–Trinajstić information content (AvgIpc) is 2.57. The van der Waals surface area contributed by atoms with Gasteiger partial charge in [0, 0.05) is 36.8 Å². The van der Waals surface area contributed by atoms with Gasteiger partial charge in [-0.3, -0.25) is 14.4 Å². The van der Waals surface area contributed by atoms with E-state index in [1.54, 1.807) is 29.2 Å². The molecule has 0 heterocycles. The molecule has 142 valence electrons. The molecular formula is C22H26N2O3. The maximum absolute atomic E-state index is 12.3. The van der Waals surface area contributed by atoms with Crippen molar-refractivity contribution in [1.29, 1.82) is 0 Å². The molecule has 2 rings (SSSR count). The standard InChI is InChI=1S/C22H26N2O3/c1-14-12-15(2)22(16(3)13-14)24(18(5)26)11-10-21(27)23-20-8-6-19(7-9-20)17(4)25/h6-9,12-13H,10-11H2,1-5H3,(H,23,27). The van der Waals surface area contributed by atoms with Crippen molar-refractivity contribution in [3.63, 3.8) is 0 Å². The topological polar surface area (TPSA) is 66.5 Å². The van der Waals surface area contributed by atoms with Crippen molar-refractivity contribution in [2.45, 2.75) is 41.0 Å². The first-order chi connectivity index (χ1) is 12.7. The minimum absolute atomic E-state index is 0.0196. The summed E-state index contributed by atoms with van der Waals surface area (Å²) in [5.74, 6) is -0.295. The SMILES string of the molecule is CC(=O)c1ccc(NC(=O)CCN(C(C)=O)c2c(C)cc(C)cc2C)cc1. The molecule has 0 bridgehead atoms. The van der Waals surface area contributed by atoms with E-state index in [0.29, 0.717) is 17.8 Å². The Morgan fingerprint density at radius 1 is 0.926 bits per heavy atom. The molecule has 1 N–H and O–H groups in total. The smallest absolute Gasteiger partial charge is 0.226 e. The maximum Gasteiger partial charge on any atom is 0.226 e. The Kier molecular flexibility index (Phi) is 6.50. The molecule has 0 radical (unpaired) electrons. The predicted molar refractivity (Wildman–Crippen MR) is 108 cm³/mol. The van der Waals surface area contributed by atoms with Crippen LogP contribution in [0.4, 0.5) is 11.4 Å². The zero-order chi connectivity index (χ0) is 20.1. The summed E-state index contributed by atoms with van der Waals surface area (Å²) in [6.07, 6.45) is 0.181. The normalized spacial score (nSPS) is 10.4. The van der Waals surface area contributed by atoms with E-state index in [0.717, 1.165) is 22.4 Å². The minimum atomic E-state index is -0.181. The van der Waals surface area contributed by atoms with Crippen LogP contribution >= 0.6 is 0 Å². The van der Waals surface area contributed by atoms with Crippen LogP contribution in [0.1, 0.15) is 47.3 Å². The second-order valence-corrected chi connectivity index (χ2v) is 6.85. The van der Waals surface area contributed by atoms with Gasteiger partial charge in [0.05, 0.1) is 0 Å². The van der Waals surface area contributed by atoms with E-state index in [-0.39, 0.29) is 24.0 Å². The molecule has 2 amide bonds. The van der Waals surface area contributed by atoms with Crippen LogP contribution in [-0.4, -0.2) is 24.1 Å². The zero-order valence-electron chi connectivity index (χ0n) is 16.6. The molecule has 0 aliphatic carbocycles. The van der Waals surface area contributed by atoms with Crippen LogP contribution in [0.3, 0.4) is 0 Å². The minimum Gasteiger partial charge on any atom is -0.326 e. The fraction of sp³-hybridized carbons (Fsp3) is 0.318. The monoisotopic (exact) mass is 366 g/mol. The number of carbonyl (C=O) groups excluding carboxylic acids is 3. The number of Topliss-reactive ketones (excluding diaryl/α,β-unsaturated/α-hetero) is 1. The summed E-state index contributed by atoms with van der Waals surface area (Å²) in [6, 6.07) is 10.8. The van der Waals surface area contributed by atoms with E-state index in [9.17, 15) is 14.4 Å². The average molecular weight is 366 g/mol. The van der Waals surface area contributed by atoms with Gasteiger partial charge in [-0.15, -0.1) is 0 Å². The number of nitrogens with one attached hydrogen (secondary N) is 1. The largest absolute Gasteiger partial charge is 0.326 e. The van der Waals surface area contributed by atoms with Crippen LogP contribution in [0.25, 0.3) is 0 Å². The lowest BCUT2D eigenvalue weighted by atomic mass is 10.0. The number of aryl methyl sites for hydroxylation is 3. The van der Waals surface area contributed by atoms with Crippen molar-refractivity contribution in [2.24, 2.45) is 0 Å². The van der Waals surface area contributed by atoms with Crippen molar-refractivity contribution < 1.29 is 14.4 Å². The summed E-state index contributed by atoms with van der Waals surface area (Å²) >= 11 is 0. The Labute approximate surface area is 160 Å². The van der Waals surface area contributed by atoms with E-state index in [4.69, 9.17) is 0 Å². The molecule has 2 aromatic carbocycles. The second-order valence-electron chi connectivity index (χ2n) is 6.85. The van der Waals surface area contributed by atoms with Crippen LogP contribution < -0.4 is 10.2 Å². The van der Waals surface area contributed by atoms with Crippen LogP contribution in [-0.2, 0) is 9.59 Å². The summed E-state index contributed by atoms with van der Waals surface area (Å²) in [7, 11) is 0. The van der Waals surface area contributed by atoms with E-state index in [1.807, 2.05) is 32.9 Å². The van der Waals surface area contributed by atoms with Gasteiger partial charge in [-0.05, 0) is 63.1 Å². The number of ketones is 1. The summed E-state index contributed by atoms with van der Waals surface area (Å²) in [6.45, 7) is 9.28. The van der Waals surface area contributed by atoms with E-state index in [2.05, 4.69) is 5.32 Å². The Bertz CT molecular complexity index is 847. The van der Waals surface area contributed by atoms with Crippen molar-refractivity contribution in [2.75, 3.05) is 16.8 Å². The maximum atomic E-state index is 12.3. The number of amides is 2. The first-order valence-electron chi connectivity index (χ1n) is 8.96. The molecule has 2 aromatic rings.